The van der Waals surface area contributed by atoms with Crippen molar-refractivity contribution in [3.05, 3.63) is 31.6 Å². The second kappa shape index (κ2) is 3.62. The van der Waals surface area contributed by atoms with E-state index in [-0.39, 0.29) is 5.56 Å². The van der Waals surface area contributed by atoms with E-state index in [1.807, 2.05) is 22.6 Å². The lowest BCUT2D eigenvalue weighted by atomic mass is 10.2. The van der Waals surface area contributed by atoms with Crippen LogP contribution in [0.25, 0.3) is 0 Å². The summed E-state index contributed by atoms with van der Waals surface area (Å²) < 4.78 is 14.1. The average molecular weight is 329 g/mol. The van der Waals surface area contributed by atoms with E-state index in [2.05, 4.69) is 15.9 Å². The quantitative estimate of drug-likeness (QED) is 0.440. The summed E-state index contributed by atoms with van der Waals surface area (Å²) in [4.78, 5) is 10.3. The van der Waals surface area contributed by atoms with Gasteiger partial charge in [-0.3, -0.25) is 4.79 Å². The normalized spacial score (nSPS) is 9.73. The maximum atomic E-state index is 12.8. The van der Waals surface area contributed by atoms with Crippen LogP contribution in [0.2, 0.25) is 0 Å². The number of carbonyl (C=O) groups is 1. The summed E-state index contributed by atoms with van der Waals surface area (Å²) >= 11 is 5.13. The first-order valence-electron chi connectivity index (χ1n) is 2.75. The van der Waals surface area contributed by atoms with Crippen LogP contribution in [0.3, 0.4) is 0 Å². The Morgan fingerprint density at radius 1 is 1.55 bits per heavy atom. The predicted octanol–water partition coefficient (Wildman–Crippen LogP) is 3.01. The van der Waals surface area contributed by atoms with Crippen LogP contribution in [0.1, 0.15) is 10.4 Å². The molecule has 1 aromatic carbocycles. The predicted molar refractivity (Wildman–Crippen MR) is 52.2 cm³/mol. The fraction of sp³-hybridized carbons (Fsp3) is 0. The molecule has 0 aromatic heterocycles. The molecule has 0 spiro atoms. The fourth-order valence-corrected chi connectivity index (χ4v) is 1.54. The van der Waals surface area contributed by atoms with Gasteiger partial charge in [0.05, 0.1) is 5.56 Å². The van der Waals surface area contributed by atoms with Gasteiger partial charge in [-0.25, -0.2) is 4.39 Å². The minimum Gasteiger partial charge on any atom is -0.298 e. The summed E-state index contributed by atoms with van der Waals surface area (Å²) in [6.07, 6.45) is 0.502. The molecule has 0 heterocycles. The molecule has 0 bridgehead atoms. The van der Waals surface area contributed by atoms with Crippen molar-refractivity contribution in [2.75, 3.05) is 0 Å². The summed E-state index contributed by atoms with van der Waals surface area (Å²) in [5.74, 6) is -0.493. The second-order valence-corrected chi connectivity index (χ2v) is 3.83. The first-order valence-corrected chi connectivity index (χ1v) is 4.62. The monoisotopic (exact) mass is 328 g/mol. The minimum absolute atomic E-state index is 0.0805. The molecule has 0 saturated heterocycles. The molecule has 1 nitrogen and oxygen atoms in total. The van der Waals surface area contributed by atoms with Crippen molar-refractivity contribution < 1.29 is 9.18 Å². The number of hydrogen-bond acceptors (Lipinski definition) is 1. The van der Waals surface area contributed by atoms with E-state index in [0.717, 1.165) is 3.57 Å². The highest BCUT2D eigenvalue weighted by molar-refractivity contribution is 14.1. The van der Waals surface area contributed by atoms with Crippen molar-refractivity contribution >= 4 is 44.8 Å². The Bertz CT molecular complexity index is 301. The summed E-state index contributed by atoms with van der Waals surface area (Å²) in [6, 6.07) is 2.88. The number of halogens is 3. The van der Waals surface area contributed by atoms with Gasteiger partial charge in [0.2, 0.25) is 0 Å². The van der Waals surface area contributed by atoms with E-state index >= 15 is 0 Å². The SMILES string of the molecule is O=Cc1c(F)ccc(I)c1Br. The molecule has 0 N–H and O–H groups in total. The highest BCUT2D eigenvalue weighted by atomic mass is 127. The summed E-state index contributed by atoms with van der Waals surface area (Å²) in [5, 5.41) is 0. The van der Waals surface area contributed by atoms with Crippen LogP contribution in [0.15, 0.2) is 16.6 Å². The minimum atomic E-state index is -0.493. The van der Waals surface area contributed by atoms with Gasteiger partial charge in [-0.05, 0) is 50.7 Å². The first kappa shape index (κ1) is 9.12. The lowest BCUT2D eigenvalue weighted by Gasteiger charge is -1.99. The zero-order valence-corrected chi connectivity index (χ0v) is 9.02. The molecule has 0 amide bonds. The topological polar surface area (TPSA) is 17.1 Å². The highest BCUT2D eigenvalue weighted by Gasteiger charge is 2.07. The highest BCUT2D eigenvalue weighted by Crippen LogP contribution is 2.24. The van der Waals surface area contributed by atoms with E-state index in [9.17, 15) is 9.18 Å². The fourth-order valence-electron chi connectivity index (χ4n) is 0.651. The van der Waals surface area contributed by atoms with E-state index in [1.54, 1.807) is 6.07 Å². The van der Waals surface area contributed by atoms with Gasteiger partial charge in [0.1, 0.15) is 5.82 Å². The largest absolute Gasteiger partial charge is 0.298 e. The van der Waals surface area contributed by atoms with Gasteiger partial charge in [-0.2, -0.15) is 0 Å². The van der Waals surface area contributed by atoms with Crippen molar-refractivity contribution in [3.8, 4) is 0 Å². The Labute approximate surface area is 85.3 Å². The summed E-state index contributed by atoms with van der Waals surface area (Å²) in [5.41, 5.74) is 0.0805. The third kappa shape index (κ3) is 1.79. The van der Waals surface area contributed by atoms with E-state index in [0.29, 0.717) is 10.8 Å². The third-order valence-corrected chi connectivity index (χ3v) is 3.69. The molecule has 11 heavy (non-hydrogen) atoms. The number of benzene rings is 1. The third-order valence-electron chi connectivity index (χ3n) is 1.20. The Morgan fingerprint density at radius 3 is 2.64 bits per heavy atom. The van der Waals surface area contributed by atoms with Gasteiger partial charge in [0, 0.05) is 8.04 Å². The van der Waals surface area contributed by atoms with Crippen LogP contribution in [0, 0.1) is 9.39 Å². The molecule has 0 aliphatic heterocycles. The van der Waals surface area contributed by atoms with E-state index in [1.165, 1.54) is 6.07 Å². The molecule has 0 saturated carbocycles. The lowest BCUT2D eigenvalue weighted by Crippen LogP contribution is -1.90. The van der Waals surface area contributed by atoms with E-state index < -0.39 is 5.82 Å². The molecule has 0 aliphatic rings. The Hall–Kier alpha value is 0.0300. The van der Waals surface area contributed by atoms with Crippen molar-refractivity contribution in [3.63, 3.8) is 0 Å². The van der Waals surface area contributed by atoms with Gasteiger partial charge in [0.15, 0.2) is 6.29 Å². The van der Waals surface area contributed by atoms with Crippen LogP contribution in [0.4, 0.5) is 4.39 Å². The molecule has 1 aromatic rings. The summed E-state index contributed by atoms with van der Waals surface area (Å²) in [6.45, 7) is 0. The average Bonchev–Trinajstić information content (AvgIpc) is 1.99. The van der Waals surface area contributed by atoms with Crippen LogP contribution in [0.5, 0.6) is 0 Å². The van der Waals surface area contributed by atoms with E-state index in [4.69, 9.17) is 0 Å². The van der Waals surface area contributed by atoms with Crippen LogP contribution in [-0.4, -0.2) is 6.29 Å². The molecule has 4 heteroatoms. The lowest BCUT2D eigenvalue weighted by molar-refractivity contribution is 0.111. The molecular formula is C7H3BrFIO. The van der Waals surface area contributed by atoms with Gasteiger partial charge >= 0.3 is 0 Å². The standard InChI is InChI=1S/C7H3BrFIO/c8-7-4(3-11)5(9)1-2-6(7)10/h1-3H. The number of carbonyl (C=O) groups excluding carboxylic acids is 1. The van der Waals surface area contributed by atoms with Crippen molar-refractivity contribution in [2.24, 2.45) is 0 Å². The number of hydrogen-bond donors (Lipinski definition) is 0. The van der Waals surface area contributed by atoms with Crippen molar-refractivity contribution in [2.45, 2.75) is 0 Å². The maximum Gasteiger partial charge on any atom is 0.154 e. The number of aldehydes is 1. The van der Waals surface area contributed by atoms with Gasteiger partial charge in [-0.1, -0.05) is 0 Å². The van der Waals surface area contributed by atoms with Gasteiger partial charge in [-0.15, -0.1) is 0 Å². The Balaban J connectivity index is 3.40. The summed E-state index contributed by atoms with van der Waals surface area (Å²) in [7, 11) is 0. The molecular weight excluding hydrogens is 326 g/mol. The zero-order valence-electron chi connectivity index (χ0n) is 5.27. The van der Waals surface area contributed by atoms with Crippen molar-refractivity contribution in [1.82, 2.24) is 0 Å². The van der Waals surface area contributed by atoms with Gasteiger partial charge < -0.3 is 0 Å². The molecule has 0 unspecified atom stereocenters. The smallest absolute Gasteiger partial charge is 0.154 e. The molecule has 0 radical (unpaired) electrons. The maximum absolute atomic E-state index is 12.8. The molecule has 58 valence electrons. The number of rotatable bonds is 1. The molecule has 0 aliphatic carbocycles. The van der Waals surface area contributed by atoms with Crippen molar-refractivity contribution in [1.29, 1.82) is 0 Å². The molecule has 1 rings (SSSR count). The van der Waals surface area contributed by atoms with Crippen LogP contribution < -0.4 is 0 Å². The molecule has 0 fully saturated rings. The molecule has 0 atom stereocenters. The van der Waals surface area contributed by atoms with Crippen LogP contribution >= 0.6 is 38.5 Å². The Kier molecular flexibility index (Phi) is 3.00. The second-order valence-electron chi connectivity index (χ2n) is 1.87. The zero-order chi connectivity index (χ0) is 8.43. The first-order chi connectivity index (χ1) is 5.16. The Morgan fingerprint density at radius 2 is 2.18 bits per heavy atom. The van der Waals surface area contributed by atoms with Crippen LogP contribution in [-0.2, 0) is 0 Å². The van der Waals surface area contributed by atoms with Gasteiger partial charge in [0.25, 0.3) is 0 Å².